The predicted molar refractivity (Wildman–Crippen MR) is 96.0 cm³/mol. The van der Waals surface area contributed by atoms with Gasteiger partial charge in [0, 0.05) is 12.7 Å². The summed E-state index contributed by atoms with van der Waals surface area (Å²) >= 11 is 1.35. The number of carbonyl (C=O) groups excluding carboxylic acids is 1. The monoisotopic (exact) mass is 342 g/mol. The number of amidine groups is 1. The van der Waals surface area contributed by atoms with Crippen molar-refractivity contribution in [2.75, 3.05) is 19.8 Å². The van der Waals surface area contributed by atoms with Crippen LogP contribution >= 0.6 is 11.8 Å². The minimum absolute atomic E-state index is 0.0780. The summed E-state index contributed by atoms with van der Waals surface area (Å²) in [6, 6.07) is 13.2. The van der Waals surface area contributed by atoms with Gasteiger partial charge in [0.05, 0.1) is 30.0 Å². The Hall–Kier alpha value is -2.31. The Bertz CT molecular complexity index is 739. The molecule has 1 aromatic carbocycles. The zero-order valence-corrected chi connectivity index (χ0v) is 14.2. The van der Waals surface area contributed by atoms with E-state index in [9.17, 15) is 4.79 Å². The van der Waals surface area contributed by atoms with Crippen LogP contribution in [0.2, 0.25) is 0 Å². The molecule has 24 heavy (non-hydrogen) atoms. The van der Waals surface area contributed by atoms with Gasteiger partial charge in [0.1, 0.15) is 5.76 Å². The Morgan fingerprint density at radius 1 is 1.25 bits per heavy atom. The molecule has 1 fully saturated rings. The highest BCUT2D eigenvalue weighted by Gasteiger charge is 2.33. The Labute approximate surface area is 145 Å². The summed E-state index contributed by atoms with van der Waals surface area (Å²) in [6.45, 7) is 3.50. The number of aliphatic imine (C=N–C) groups is 1. The normalized spacial score (nSPS) is 18.0. The van der Waals surface area contributed by atoms with Crippen molar-refractivity contribution < 1.29 is 13.9 Å². The van der Waals surface area contributed by atoms with Crippen molar-refractivity contribution in [1.29, 1.82) is 0 Å². The third-order valence-corrected chi connectivity index (χ3v) is 4.36. The van der Waals surface area contributed by atoms with Crippen LogP contribution in [0.1, 0.15) is 12.7 Å². The maximum Gasteiger partial charge on any atom is 0.266 e. The molecule has 2 heterocycles. The predicted octanol–water partition coefficient (Wildman–Crippen LogP) is 3.92. The van der Waals surface area contributed by atoms with Gasteiger partial charge in [0.15, 0.2) is 5.17 Å². The summed E-state index contributed by atoms with van der Waals surface area (Å²) in [5.74, 6) is 0.572. The molecular weight excluding hydrogens is 324 g/mol. The number of carbonyl (C=O) groups is 1. The van der Waals surface area contributed by atoms with Crippen molar-refractivity contribution in [2.24, 2.45) is 4.99 Å². The van der Waals surface area contributed by atoms with Gasteiger partial charge in [0.25, 0.3) is 5.91 Å². The first kappa shape index (κ1) is 16.5. The average molecular weight is 342 g/mol. The standard InChI is InChI=1S/C18H18N2O3S/c1-2-22-12-10-20-17(21)16(13-15-9-6-11-23-15)24-18(20)19-14-7-4-3-5-8-14/h3-9,11,13H,2,10,12H2,1H3. The van der Waals surface area contributed by atoms with E-state index in [4.69, 9.17) is 9.15 Å². The molecule has 0 radical (unpaired) electrons. The third-order valence-electron chi connectivity index (χ3n) is 3.35. The van der Waals surface area contributed by atoms with E-state index in [0.29, 0.717) is 35.6 Å². The first-order chi connectivity index (χ1) is 11.8. The van der Waals surface area contributed by atoms with Gasteiger partial charge in [-0.15, -0.1) is 0 Å². The van der Waals surface area contributed by atoms with Gasteiger partial charge >= 0.3 is 0 Å². The Morgan fingerprint density at radius 2 is 2.08 bits per heavy atom. The van der Waals surface area contributed by atoms with Gasteiger partial charge in [-0.3, -0.25) is 9.69 Å². The van der Waals surface area contributed by atoms with E-state index in [-0.39, 0.29) is 5.91 Å². The number of para-hydroxylation sites is 1. The molecule has 1 aliphatic heterocycles. The molecule has 0 atom stereocenters. The highest BCUT2D eigenvalue weighted by molar-refractivity contribution is 8.18. The quantitative estimate of drug-likeness (QED) is 0.590. The number of thioether (sulfide) groups is 1. The summed E-state index contributed by atoms with van der Waals surface area (Å²) in [4.78, 5) is 19.5. The van der Waals surface area contributed by atoms with Crippen LogP contribution in [-0.2, 0) is 9.53 Å². The Balaban J connectivity index is 1.87. The minimum atomic E-state index is -0.0780. The molecule has 5 nitrogen and oxygen atoms in total. The number of ether oxygens (including phenoxy) is 1. The second-order valence-corrected chi connectivity index (χ2v) is 6.02. The fourth-order valence-electron chi connectivity index (χ4n) is 2.20. The third kappa shape index (κ3) is 3.96. The molecule has 0 bridgehead atoms. The molecule has 0 aliphatic carbocycles. The lowest BCUT2D eigenvalue weighted by Gasteiger charge is -2.15. The van der Waals surface area contributed by atoms with Gasteiger partial charge in [0.2, 0.25) is 0 Å². The topological polar surface area (TPSA) is 55.0 Å². The zero-order chi connectivity index (χ0) is 16.8. The van der Waals surface area contributed by atoms with Gasteiger partial charge in [-0.1, -0.05) is 18.2 Å². The van der Waals surface area contributed by atoms with Crippen molar-refractivity contribution in [1.82, 2.24) is 4.90 Å². The maximum absolute atomic E-state index is 12.7. The molecule has 124 valence electrons. The van der Waals surface area contributed by atoms with Crippen LogP contribution in [0, 0.1) is 0 Å². The Morgan fingerprint density at radius 3 is 2.79 bits per heavy atom. The van der Waals surface area contributed by atoms with Gasteiger partial charge in [-0.2, -0.15) is 0 Å². The molecule has 6 heteroatoms. The Kier molecular flexibility index (Phi) is 5.51. The van der Waals surface area contributed by atoms with Crippen LogP contribution in [0.3, 0.4) is 0 Å². The summed E-state index contributed by atoms with van der Waals surface area (Å²) in [5, 5.41) is 0.656. The number of rotatable bonds is 6. The molecule has 0 spiro atoms. The van der Waals surface area contributed by atoms with Crippen LogP contribution in [0.15, 0.2) is 63.0 Å². The molecule has 1 aromatic heterocycles. The molecule has 1 saturated heterocycles. The summed E-state index contributed by atoms with van der Waals surface area (Å²) in [7, 11) is 0. The van der Waals surface area contributed by atoms with E-state index in [0.717, 1.165) is 5.69 Å². The zero-order valence-electron chi connectivity index (χ0n) is 13.3. The van der Waals surface area contributed by atoms with E-state index < -0.39 is 0 Å². The lowest BCUT2D eigenvalue weighted by atomic mass is 10.3. The van der Waals surface area contributed by atoms with Crippen molar-refractivity contribution >= 4 is 34.6 Å². The summed E-state index contributed by atoms with van der Waals surface area (Å²) < 4.78 is 10.7. The van der Waals surface area contributed by atoms with Gasteiger partial charge in [-0.25, -0.2) is 4.99 Å². The molecular formula is C18H18N2O3S. The number of benzene rings is 1. The van der Waals surface area contributed by atoms with Gasteiger partial charge < -0.3 is 9.15 Å². The second kappa shape index (κ2) is 7.99. The van der Waals surface area contributed by atoms with E-state index in [1.807, 2.05) is 43.3 Å². The first-order valence-electron chi connectivity index (χ1n) is 7.74. The fourth-order valence-corrected chi connectivity index (χ4v) is 3.21. The molecule has 3 rings (SSSR count). The van der Waals surface area contributed by atoms with Gasteiger partial charge in [-0.05, 0) is 43.0 Å². The molecule has 0 unspecified atom stereocenters. The maximum atomic E-state index is 12.7. The number of amides is 1. The number of furan rings is 1. The van der Waals surface area contributed by atoms with Crippen LogP contribution in [0.25, 0.3) is 6.08 Å². The van der Waals surface area contributed by atoms with Crippen LogP contribution in [0.5, 0.6) is 0 Å². The molecule has 1 amide bonds. The van der Waals surface area contributed by atoms with Crippen LogP contribution in [-0.4, -0.2) is 35.7 Å². The SMILES string of the molecule is CCOCCN1C(=O)C(=Cc2ccco2)SC1=Nc1ccccc1. The fraction of sp³-hybridized carbons (Fsp3) is 0.222. The molecule has 0 N–H and O–H groups in total. The largest absolute Gasteiger partial charge is 0.465 e. The number of hydrogen-bond donors (Lipinski definition) is 0. The first-order valence-corrected chi connectivity index (χ1v) is 8.56. The summed E-state index contributed by atoms with van der Waals surface area (Å²) in [5.41, 5.74) is 0.813. The minimum Gasteiger partial charge on any atom is -0.465 e. The van der Waals surface area contributed by atoms with E-state index in [1.165, 1.54) is 11.8 Å². The summed E-state index contributed by atoms with van der Waals surface area (Å²) in [6.07, 6.45) is 3.33. The van der Waals surface area contributed by atoms with Crippen molar-refractivity contribution in [3.63, 3.8) is 0 Å². The van der Waals surface area contributed by atoms with E-state index >= 15 is 0 Å². The molecule has 2 aromatic rings. The van der Waals surface area contributed by atoms with Crippen LogP contribution in [0.4, 0.5) is 5.69 Å². The molecule has 0 saturated carbocycles. The average Bonchev–Trinajstić information content (AvgIpc) is 3.20. The van der Waals surface area contributed by atoms with Crippen molar-refractivity contribution in [3.8, 4) is 0 Å². The molecule has 1 aliphatic rings. The van der Waals surface area contributed by atoms with Crippen LogP contribution < -0.4 is 0 Å². The van der Waals surface area contributed by atoms with Crippen molar-refractivity contribution in [2.45, 2.75) is 6.92 Å². The lowest BCUT2D eigenvalue weighted by molar-refractivity contribution is -0.122. The number of hydrogen-bond acceptors (Lipinski definition) is 5. The lowest BCUT2D eigenvalue weighted by Crippen LogP contribution is -2.32. The number of nitrogens with zero attached hydrogens (tertiary/aromatic N) is 2. The van der Waals surface area contributed by atoms with Crippen molar-refractivity contribution in [3.05, 3.63) is 59.4 Å². The van der Waals surface area contributed by atoms with E-state index in [2.05, 4.69) is 4.99 Å². The highest BCUT2D eigenvalue weighted by Crippen LogP contribution is 2.34. The smallest absolute Gasteiger partial charge is 0.266 e. The van der Waals surface area contributed by atoms with E-state index in [1.54, 1.807) is 23.3 Å². The highest BCUT2D eigenvalue weighted by atomic mass is 32.2. The second-order valence-electron chi connectivity index (χ2n) is 5.01.